The van der Waals surface area contributed by atoms with Gasteiger partial charge in [0.25, 0.3) is 0 Å². The number of carbonyl (C=O) groups is 4. The van der Waals surface area contributed by atoms with E-state index < -0.39 is 47.6 Å². The molecule has 0 saturated heterocycles. The highest BCUT2D eigenvalue weighted by atomic mass is 16.6. The van der Waals surface area contributed by atoms with Crippen LogP contribution in [-0.4, -0.2) is 52.4 Å². The van der Waals surface area contributed by atoms with Crippen molar-refractivity contribution >= 4 is 23.8 Å². The summed E-state index contributed by atoms with van der Waals surface area (Å²) in [7, 11) is 0. The van der Waals surface area contributed by atoms with E-state index in [1.807, 2.05) is 52.0 Å². The van der Waals surface area contributed by atoms with Crippen LogP contribution in [0.1, 0.15) is 97.7 Å². The van der Waals surface area contributed by atoms with E-state index in [0.717, 1.165) is 24.8 Å². The Morgan fingerprint density at radius 1 is 1.00 bits per heavy atom. The number of carbonyl (C=O) groups excluding carboxylic acids is 4. The second-order valence-corrected chi connectivity index (χ2v) is 11.1. The molecular weight excluding hydrogens is 472 g/mol. The van der Waals surface area contributed by atoms with Gasteiger partial charge in [0.1, 0.15) is 17.7 Å². The summed E-state index contributed by atoms with van der Waals surface area (Å²) in [6.45, 7) is 15.2. The molecule has 0 bridgehead atoms. The summed E-state index contributed by atoms with van der Waals surface area (Å²) in [6, 6.07) is 5.12. The Hall–Kier alpha value is -3.10. The number of ether oxygens (including phenoxy) is 1. The molecule has 0 aliphatic carbocycles. The van der Waals surface area contributed by atoms with Crippen LogP contribution in [0.4, 0.5) is 4.79 Å². The molecule has 1 aromatic rings. The molecule has 2 atom stereocenters. The molecule has 9 heteroatoms. The quantitative estimate of drug-likeness (QED) is 0.338. The lowest BCUT2D eigenvalue weighted by molar-refractivity contribution is -0.150. The second-order valence-electron chi connectivity index (χ2n) is 11.1. The third-order valence-electron chi connectivity index (χ3n) is 6.13. The molecule has 1 aromatic carbocycles. The van der Waals surface area contributed by atoms with Crippen molar-refractivity contribution in [3.05, 3.63) is 35.4 Å². The molecule has 37 heavy (non-hydrogen) atoms. The number of benzene rings is 1. The minimum Gasteiger partial charge on any atom is -0.444 e. The molecule has 0 aliphatic rings. The summed E-state index contributed by atoms with van der Waals surface area (Å²) in [5.74, 6) is -1.68. The fraction of sp³-hybridized carbons (Fsp3) is 0.643. The molecule has 9 nitrogen and oxygen atoms in total. The number of hydrogen-bond donors (Lipinski definition) is 3. The van der Waals surface area contributed by atoms with E-state index in [1.165, 1.54) is 4.90 Å². The third-order valence-corrected chi connectivity index (χ3v) is 6.13. The maximum absolute atomic E-state index is 14.1. The molecular formula is C28H46N4O5. The second kappa shape index (κ2) is 14.0. The molecule has 2 unspecified atom stereocenters. The van der Waals surface area contributed by atoms with Crippen molar-refractivity contribution in [1.82, 2.24) is 15.5 Å². The number of unbranched alkanes of at least 4 members (excludes halogenated alkanes) is 2. The summed E-state index contributed by atoms with van der Waals surface area (Å²) in [6.07, 6.45) is 2.03. The topological polar surface area (TPSA) is 131 Å². The van der Waals surface area contributed by atoms with E-state index >= 15 is 0 Å². The van der Waals surface area contributed by atoms with Crippen molar-refractivity contribution in [3.63, 3.8) is 0 Å². The summed E-state index contributed by atoms with van der Waals surface area (Å²) in [5, 5.41) is 5.49. The largest absolute Gasteiger partial charge is 0.444 e. The van der Waals surface area contributed by atoms with Crippen molar-refractivity contribution in [1.29, 1.82) is 0 Å². The van der Waals surface area contributed by atoms with Crippen LogP contribution in [0.25, 0.3) is 0 Å². The van der Waals surface area contributed by atoms with E-state index in [1.54, 1.807) is 20.8 Å². The average Bonchev–Trinajstić information content (AvgIpc) is 2.78. The highest BCUT2D eigenvalue weighted by Crippen LogP contribution is 2.32. The van der Waals surface area contributed by atoms with Gasteiger partial charge in [-0.05, 0) is 59.9 Å². The van der Waals surface area contributed by atoms with Crippen molar-refractivity contribution < 1.29 is 23.9 Å². The first-order chi connectivity index (χ1) is 17.1. The predicted octanol–water partition coefficient (Wildman–Crippen LogP) is 4.13. The van der Waals surface area contributed by atoms with Gasteiger partial charge in [0.15, 0.2) is 0 Å². The standard InChI is InChI=1S/C28H46N4O5/c1-9-11-12-17-30-24(34)23(20-15-13-19(3)14-16-20)32(28(7,8)10-2)25(35)21(18-22(29)33)31-26(36)37-27(4,5)6/h13-16,21,23H,9-12,17-18H2,1-8H3,(H2,29,33)(H,30,34)(H,31,36). The van der Waals surface area contributed by atoms with Crippen LogP contribution in [0.2, 0.25) is 0 Å². The molecule has 0 spiro atoms. The first-order valence-corrected chi connectivity index (χ1v) is 13.1. The molecule has 0 aliphatic heterocycles. The lowest BCUT2D eigenvalue weighted by Gasteiger charge is -2.44. The van der Waals surface area contributed by atoms with Crippen molar-refractivity contribution in [3.8, 4) is 0 Å². The van der Waals surface area contributed by atoms with Gasteiger partial charge in [0.2, 0.25) is 17.7 Å². The Morgan fingerprint density at radius 2 is 1.59 bits per heavy atom. The number of aryl methyl sites for hydroxylation is 1. The van der Waals surface area contributed by atoms with Crippen molar-refractivity contribution in [2.75, 3.05) is 6.54 Å². The van der Waals surface area contributed by atoms with Crippen LogP contribution in [0.15, 0.2) is 24.3 Å². The minimum atomic E-state index is -1.31. The van der Waals surface area contributed by atoms with Crippen LogP contribution in [0.3, 0.4) is 0 Å². The zero-order valence-electron chi connectivity index (χ0n) is 23.8. The SMILES string of the molecule is CCCCCNC(=O)C(c1ccc(C)cc1)N(C(=O)C(CC(N)=O)NC(=O)OC(C)(C)C)C(C)(C)CC. The number of hydrogen-bond acceptors (Lipinski definition) is 5. The van der Waals surface area contributed by atoms with Crippen molar-refractivity contribution in [2.24, 2.45) is 5.73 Å². The van der Waals surface area contributed by atoms with E-state index in [2.05, 4.69) is 17.6 Å². The maximum Gasteiger partial charge on any atom is 0.408 e. The van der Waals surface area contributed by atoms with E-state index in [4.69, 9.17) is 10.5 Å². The Bertz CT molecular complexity index is 921. The third kappa shape index (κ3) is 10.4. The fourth-order valence-corrected chi connectivity index (χ4v) is 3.81. The number of primary amides is 1. The number of amides is 4. The van der Waals surface area contributed by atoms with Gasteiger partial charge in [-0.25, -0.2) is 4.79 Å². The number of nitrogens with one attached hydrogen (secondary N) is 2. The predicted molar refractivity (Wildman–Crippen MR) is 145 cm³/mol. The normalized spacial score (nSPS) is 13.3. The number of nitrogens with two attached hydrogens (primary N) is 1. The van der Waals surface area contributed by atoms with Crippen LogP contribution in [0.5, 0.6) is 0 Å². The summed E-state index contributed by atoms with van der Waals surface area (Å²) in [4.78, 5) is 53.7. The van der Waals surface area contributed by atoms with Crippen LogP contribution in [0, 0.1) is 6.92 Å². The van der Waals surface area contributed by atoms with E-state index in [-0.39, 0.29) is 5.91 Å². The Morgan fingerprint density at radius 3 is 2.08 bits per heavy atom. The zero-order valence-corrected chi connectivity index (χ0v) is 23.8. The van der Waals surface area contributed by atoms with Gasteiger partial charge in [0, 0.05) is 12.1 Å². The lowest BCUT2D eigenvalue weighted by atomic mass is 9.91. The smallest absolute Gasteiger partial charge is 0.408 e. The summed E-state index contributed by atoms with van der Waals surface area (Å²) in [5.41, 5.74) is 5.48. The minimum absolute atomic E-state index is 0.329. The number of rotatable bonds is 13. The molecule has 0 heterocycles. The molecule has 0 saturated carbocycles. The van der Waals surface area contributed by atoms with Gasteiger partial charge in [-0.1, -0.05) is 56.5 Å². The molecule has 4 amide bonds. The summed E-state index contributed by atoms with van der Waals surface area (Å²) >= 11 is 0. The molecule has 0 radical (unpaired) electrons. The van der Waals surface area contributed by atoms with Crippen LogP contribution >= 0.6 is 0 Å². The van der Waals surface area contributed by atoms with E-state index in [0.29, 0.717) is 18.5 Å². The van der Waals surface area contributed by atoms with Gasteiger partial charge < -0.3 is 26.0 Å². The first-order valence-electron chi connectivity index (χ1n) is 13.1. The van der Waals surface area contributed by atoms with Crippen molar-refractivity contribution in [2.45, 2.75) is 111 Å². The monoisotopic (exact) mass is 518 g/mol. The molecule has 208 valence electrons. The van der Waals surface area contributed by atoms with Gasteiger partial charge in [-0.15, -0.1) is 0 Å². The maximum atomic E-state index is 14.1. The van der Waals surface area contributed by atoms with Gasteiger partial charge >= 0.3 is 6.09 Å². The Labute approximate surface area is 221 Å². The zero-order chi connectivity index (χ0) is 28.4. The van der Waals surface area contributed by atoms with Gasteiger partial charge in [-0.2, -0.15) is 0 Å². The summed E-state index contributed by atoms with van der Waals surface area (Å²) < 4.78 is 5.32. The highest BCUT2D eigenvalue weighted by Gasteiger charge is 2.43. The Kier molecular flexibility index (Phi) is 12.1. The molecule has 0 aromatic heterocycles. The fourth-order valence-electron chi connectivity index (χ4n) is 3.81. The Balaban J connectivity index is 3.55. The van der Waals surface area contributed by atoms with Crippen LogP contribution in [-0.2, 0) is 19.1 Å². The number of alkyl carbamates (subject to hydrolysis) is 1. The lowest BCUT2D eigenvalue weighted by Crippen LogP contribution is -2.60. The molecule has 0 fully saturated rings. The number of nitrogens with zero attached hydrogens (tertiary/aromatic N) is 1. The van der Waals surface area contributed by atoms with Gasteiger partial charge in [0.05, 0.1) is 6.42 Å². The van der Waals surface area contributed by atoms with E-state index in [9.17, 15) is 19.2 Å². The highest BCUT2D eigenvalue weighted by molar-refractivity contribution is 5.95. The molecule has 4 N–H and O–H groups in total. The first kappa shape index (κ1) is 31.9. The molecule has 1 rings (SSSR count). The average molecular weight is 519 g/mol. The van der Waals surface area contributed by atoms with Gasteiger partial charge in [-0.3, -0.25) is 14.4 Å². The van der Waals surface area contributed by atoms with Crippen LogP contribution < -0.4 is 16.4 Å².